The summed E-state index contributed by atoms with van der Waals surface area (Å²) in [6.07, 6.45) is -0.612. The SMILES string of the molecule is CC(C)OC(=O)CC(=O)c1c(Cl)cccc1Cl. The standard InChI is InChI=1S/C12H12Cl2O3/c1-7(2)17-11(16)6-10(15)12-8(13)4-3-5-9(12)14/h3-5,7H,6H2,1-2H3. The van der Waals surface area contributed by atoms with Gasteiger partial charge in [0.05, 0.1) is 21.7 Å². The van der Waals surface area contributed by atoms with Crippen LogP contribution in [0, 0.1) is 0 Å². The van der Waals surface area contributed by atoms with Gasteiger partial charge in [0.15, 0.2) is 5.78 Å². The maximum atomic E-state index is 11.8. The van der Waals surface area contributed by atoms with Crippen molar-refractivity contribution >= 4 is 35.0 Å². The molecule has 1 aromatic carbocycles. The van der Waals surface area contributed by atoms with Crippen LogP contribution in [0.1, 0.15) is 30.6 Å². The molecule has 0 saturated heterocycles. The molecule has 3 nitrogen and oxygen atoms in total. The summed E-state index contributed by atoms with van der Waals surface area (Å²) >= 11 is 11.7. The Balaban J connectivity index is 2.80. The number of ketones is 1. The maximum Gasteiger partial charge on any atom is 0.313 e. The molecule has 17 heavy (non-hydrogen) atoms. The normalized spacial score (nSPS) is 10.4. The van der Waals surface area contributed by atoms with Crippen molar-refractivity contribution in [2.45, 2.75) is 26.4 Å². The highest BCUT2D eigenvalue weighted by atomic mass is 35.5. The summed E-state index contributed by atoms with van der Waals surface area (Å²) in [6, 6.07) is 4.73. The lowest BCUT2D eigenvalue weighted by Crippen LogP contribution is -2.16. The third-order valence-electron chi connectivity index (χ3n) is 1.91. The summed E-state index contributed by atoms with van der Waals surface area (Å²) in [6.45, 7) is 3.43. The van der Waals surface area contributed by atoms with E-state index in [4.69, 9.17) is 27.9 Å². The van der Waals surface area contributed by atoms with Crippen LogP contribution in [0.4, 0.5) is 0 Å². The molecular weight excluding hydrogens is 263 g/mol. The Morgan fingerprint density at radius 2 is 1.76 bits per heavy atom. The van der Waals surface area contributed by atoms with E-state index >= 15 is 0 Å². The number of ether oxygens (including phenoxy) is 1. The molecule has 0 aromatic heterocycles. The lowest BCUT2D eigenvalue weighted by Gasteiger charge is -2.08. The van der Waals surface area contributed by atoms with E-state index in [1.54, 1.807) is 32.0 Å². The van der Waals surface area contributed by atoms with Gasteiger partial charge in [0.1, 0.15) is 6.42 Å². The Kier molecular flexibility index (Phi) is 4.97. The van der Waals surface area contributed by atoms with Gasteiger partial charge in [-0.25, -0.2) is 0 Å². The second kappa shape index (κ2) is 6.03. The van der Waals surface area contributed by atoms with Gasteiger partial charge in [-0.2, -0.15) is 0 Å². The predicted octanol–water partition coefficient (Wildman–Crippen LogP) is 3.52. The molecule has 0 heterocycles. The molecule has 1 rings (SSSR count). The Bertz CT molecular complexity index is 421. The number of esters is 1. The second-order valence-electron chi connectivity index (χ2n) is 3.74. The van der Waals surface area contributed by atoms with Crippen molar-refractivity contribution < 1.29 is 14.3 Å². The van der Waals surface area contributed by atoms with Gasteiger partial charge in [0.2, 0.25) is 0 Å². The fourth-order valence-corrected chi connectivity index (χ4v) is 1.90. The smallest absolute Gasteiger partial charge is 0.313 e. The average Bonchev–Trinajstić information content (AvgIpc) is 2.15. The number of hydrogen-bond acceptors (Lipinski definition) is 3. The van der Waals surface area contributed by atoms with E-state index in [2.05, 4.69) is 0 Å². The minimum absolute atomic E-state index is 0.163. The van der Waals surface area contributed by atoms with Gasteiger partial charge in [-0.15, -0.1) is 0 Å². The van der Waals surface area contributed by atoms with E-state index in [1.807, 2.05) is 0 Å². The topological polar surface area (TPSA) is 43.4 Å². The fraction of sp³-hybridized carbons (Fsp3) is 0.333. The van der Waals surface area contributed by atoms with Crippen LogP contribution in [0.25, 0.3) is 0 Å². The summed E-state index contributed by atoms with van der Waals surface area (Å²) < 4.78 is 4.88. The third-order valence-corrected chi connectivity index (χ3v) is 2.54. The molecule has 0 atom stereocenters. The summed E-state index contributed by atoms with van der Waals surface area (Å²) in [5.74, 6) is -1.02. The van der Waals surface area contributed by atoms with Crippen LogP contribution in [-0.4, -0.2) is 17.9 Å². The fourth-order valence-electron chi connectivity index (χ4n) is 1.29. The zero-order chi connectivity index (χ0) is 13.0. The van der Waals surface area contributed by atoms with Gasteiger partial charge in [-0.1, -0.05) is 29.3 Å². The number of hydrogen-bond donors (Lipinski definition) is 0. The monoisotopic (exact) mass is 274 g/mol. The van der Waals surface area contributed by atoms with Crippen LogP contribution in [0.3, 0.4) is 0 Å². The van der Waals surface area contributed by atoms with Crippen molar-refractivity contribution in [3.05, 3.63) is 33.8 Å². The Hall–Kier alpha value is -1.06. The first-order chi connectivity index (χ1) is 7.91. The van der Waals surface area contributed by atoms with Gasteiger partial charge in [-0.3, -0.25) is 9.59 Å². The first-order valence-corrected chi connectivity index (χ1v) is 5.84. The lowest BCUT2D eigenvalue weighted by molar-refractivity contribution is -0.146. The van der Waals surface area contributed by atoms with Crippen molar-refractivity contribution in [2.24, 2.45) is 0 Å². The molecule has 5 heteroatoms. The summed E-state index contributed by atoms with van der Waals surface area (Å²) in [5.41, 5.74) is 0.163. The highest BCUT2D eigenvalue weighted by Gasteiger charge is 2.19. The lowest BCUT2D eigenvalue weighted by atomic mass is 10.1. The van der Waals surface area contributed by atoms with Gasteiger partial charge in [0, 0.05) is 0 Å². The van der Waals surface area contributed by atoms with Gasteiger partial charge < -0.3 is 4.74 Å². The molecule has 0 aliphatic carbocycles. The Morgan fingerprint density at radius 3 is 2.24 bits per heavy atom. The number of halogens is 2. The summed E-state index contributed by atoms with van der Waals surface area (Å²) in [7, 11) is 0. The highest BCUT2D eigenvalue weighted by Crippen LogP contribution is 2.25. The third kappa shape index (κ3) is 4.02. The van der Waals surface area contributed by atoms with Gasteiger partial charge in [-0.05, 0) is 26.0 Å². The molecule has 0 aliphatic heterocycles. The van der Waals surface area contributed by atoms with Crippen molar-refractivity contribution in [2.75, 3.05) is 0 Å². The first-order valence-electron chi connectivity index (χ1n) is 5.08. The number of carbonyl (C=O) groups is 2. The van der Waals surface area contributed by atoms with E-state index in [9.17, 15) is 9.59 Å². The Labute approximate surface area is 110 Å². The molecular formula is C12H12Cl2O3. The molecule has 0 fully saturated rings. The molecule has 0 saturated carbocycles. The Morgan fingerprint density at radius 1 is 1.24 bits per heavy atom. The maximum absolute atomic E-state index is 11.8. The molecule has 0 amide bonds. The summed E-state index contributed by atoms with van der Waals surface area (Å²) in [4.78, 5) is 23.1. The number of rotatable bonds is 4. The van der Waals surface area contributed by atoms with Crippen LogP contribution in [0.2, 0.25) is 10.0 Å². The van der Waals surface area contributed by atoms with E-state index in [-0.39, 0.29) is 28.1 Å². The predicted molar refractivity (Wildman–Crippen MR) is 66.6 cm³/mol. The molecule has 0 radical (unpaired) electrons. The molecule has 0 aliphatic rings. The van der Waals surface area contributed by atoms with Crippen LogP contribution in [0.15, 0.2) is 18.2 Å². The second-order valence-corrected chi connectivity index (χ2v) is 4.55. The summed E-state index contributed by atoms with van der Waals surface area (Å²) in [5, 5.41) is 0.472. The molecule has 0 bridgehead atoms. The highest BCUT2D eigenvalue weighted by molar-refractivity contribution is 6.40. The minimum Gasteiger partial charge on any atom is -0.463 e. The molecule has 0 unspecified atom stereocenters. The van der Waals surface area contributed by atoms with E-state index in [0.29, 0.717) is 0 Å². The van der Waals surface area contributed by atoms with Crippen LogP contribution < -0.4 is 0 Å². The van der Waals surface area contributed by atoms with Crippen molar-refractivity contribution in [1.29, 1.82) is 0 Å². The first kappa shape index (κ1) is 14.0. The van der Waals surface area contributed by atoms with E-state index in [1.165, 1.54) is 0 Å². The quantitative estimate of drug-likeness (QED) is 0.479. The molecule has 0 N–H and O–H groups in total. The molecule has 1 aromatic rings. The van der Waals surface area contributed by atoms with Gasteiger partial charge in [0.25, 0.3) is 0 Å². The van der Waals surface area contributed by atoms with Crippen molar-refractivity contribution in [3.8, 4) is 0 Å². The molecule has 0 spiro atoms. The average molecular weight is 275 g/mol. The van der Waals surface area contributed by atoms with E-state index < -0.39 is 11.8 Å². The van der Waals surface area contributed by atoms with Crippen LogP contribution in [-0.2, 0) is 9.53 Å². The van der Waals surface area contributed by atoms with Crippen LogP contribution >= 0.6 is 23.2 Å². The van der Waals surface area contributed by atoms with Crippen molar-refractivity contribution in [1.82, 2.24) is 0 Å². The zero-order valence-corrected chi connectivity index (χ0v) is 11.0. The largest absolute Gasteiger partial charge is 0.463 e. The van der Waals surface area contributed by atoms with Crippen molar-refractivity contribution in [3.63, 3.8) is 0 Å². The number of carbonyl (C=O) groups excluding carboxylic acids is 2. The number of benzene rings is 1. The van der Waals surface area contributed by atoms with Gasteiger partial charge >= 0.3 is 5.97 Å². The zero-order valence-electron chi connectivity index (χ0n) is 9.50. The molecule has 92 valence electrons. The van der Waals surface area contributed by atoms with Crippen LogP contribution in [0.5, 0.6) is 0 Å². The number of Topliss-reactive ketones (excluding diaryl/α,β-unsaturated/α-hetero) is 1. The minimum atomic E-state index is -0.582. The van der Waals surface area contributed by atoms with E-state index in [0.717, 1.165) is 0 Å².